The zero-order valence-electron chi connectivity index (χ0n) is 15.4. The van der Waals surface area contributed by atoms with Gasteiger partial charge in [-0.05, 0) is 38.0 Å². The van der Waals surface area contributed by atoms with Gasteiger partial charge < -0.3 is 10.2 Å². The lowest BCUT2D eigenvalue weighted by molar-refractivity contribution is -0.140. The molecule has 0 spiro atoms. The second-order valence-electron chi connectivity index (χ2n) is 6.61. The van der Waals surface area contributed by atoms with Crippen molar-refractivity contribution in [1.82, 2.24) is 10.2 Å². The van der Waals surface area contributed by atoms with Gasteiger partial charge in [0.05, 0.1) is 6.42 Å². The number of hydrogen-bond donors (Lipinski definition) is 1. The highest BCUT2D eigenvalue weighted by atomic mass is 35.5. The molecule has 138 valence electrons. The zero-order chi connectivity index (χ0) is 19.1. The predicted octanol–water partition coefficient (Wildman–Crippen LogP) is 3.82. The van der Waals surface area contributed by atoms with E-state index in [2.05, 4.69) is 5.32 Å². The van der Waals surface area contributed by atoms with Crippen molar-refractivity contribution < 1.29 is 9.59 Å². The minimum absolute atomic E-state index is 0.0105. The number of halogens is 1. The van der Waals surface area contributed by atoms with Gasteiger partial charge in [-0.1, -0.05) is 60.1 Å². The maximum absolute atomic E-state index is 13.0. The van der Waals surface area contributed by atoms with Crippen molar-refractivity contribution in [1.29, 1.82) is 0 Å². The van der Waals surface area contributed by atoms with Gasteiger partial charge >= 0.3 is 0 Å². The molecule has 4 nitrogen and oxygen atoms in total. The minimum Gasteiger partial charge on any atom is -0.352 e. The van der Waals surface area contributed by atoms with Gasteiger partial charge in [-0.2, -0.15) is 0 Å². The topological polar surface area (TPSA) is 49.4 Å². The van der Waals surface area contributed by atoms with Gasteiger partial charge in [0.1, 0.15) is 6.04 Å². The Morgan fingerprint density at radius 1 is 1.00 bits per heavy atom. The summed E-state index contributed by atoms with van der Waals surface area (Å²) >= 11 is 6.26. The molecule has 2 aromatic rings. The standard InChI is InChI=1S/C21H25ClN2O2/c1-15(2)23-21(26)16(3)24(14-18-11-7-8-12-19(18)22)20(25)13-17-9-5-4-6-10-17/h4-12,15-16H,13-14H2,1-3H3,(H,23,26)/t16-/m1/s1. The van der Waals surface area contributed by atoms with Crippen LogP contribution in [-0.2, 0) is 22.6 Å². The van der Waals surface area contributed by atoms with E-state index in [-0.39, 0.29) is 30.8 Å². The van der Waals surface area contributed by atoms with Crippen molar-refractivity contribution in [2.24, 2.45) is 0 Å². The second kappa shape index (κ2) is 9.39. The van der Waals surface area contributed by atoms with Gasteiger partial charge in [-0.25, -0.2) is 0 Å². The van der Waals surface area contributed by atoms with Gasteiger partial charge in [-0.15, -0.1) is 0 Å². The van der Waals surface area contributed by atoms with E-state index in [0.717, 1.165) is 11.1 Å². The average molecular weight is 373 g/mol. The van der Waals surface area contributed by atoms with E-state index in [0.29, 0.717) is 5.02 Å². The first kappa shape index (κ1) is 20.0. The Bertz CT molecular complexity index is 747. The third-order valence-corrected chi connectivity index (χ3v) is 4.46. The van der Waals surface area contributed by atoms with Crippen molar-refractivity contribution in [3.63, 3.8) is 0 Å². The van der Waals surface area contributed by atoms with Crippen molar-refractivity contribution >= 4 is 23.4 Å². The first-order valence-electron chi connectivity index (χ1n) is 8.75. The lowest BCUT2D eigenvalue weighted by Crippen LogP contribution is -2.49. The van der Waals surface area contributed by atoms with Crippen LogP contribution >= 0.6 is 11.6 Å². The molecule has 0 aliphatic rings. The molecule has 5 heteroatoms. The van der Waals surface area contributed by atoms with E-state index >= 15 is 0 Å². The molecule has 0 radical (unpaired) electrons. The molecule has 2 rings (SSSR count). The van der Waals surface area contributed by atoms with Crippen LogP contribution in [0.3, 0.4) is 0 Å². The van der Waals surface area contributed by atoms with Crippen LogP contribution < -0.4 is 5.32 Å². The molecular formula is C21H25ClN2O2. The highest BCUT2D eigenvalue weighted by Crippen LogP contribution is 2.19. The molecule has 0 saturated carbocycles. The maximum atomic E-state index is 13.0. The quantitative estimate of drug-likeness (QED) is 0.803. The number of amides is 2. The summed E-state index contributed by atoms with van der Waals surface area (Å²) in [5, 5.41) is 3.46. The summed E-state index contributed by atoms with van der Waals surface area (Å²) < 4.78 is 0. The van der Waals surface area contributed by atoms with E-state index in [4.69, 9.17) is 11.6 Å². The number of nitrogens with one attached hydrogen (secondary N) is 1. The molecular weight excluding hydrogens is 348 g/mol. The van der Waals surface area contributed by atoms with Crippen LogP contribution in [0.25, 0.3) is 0 Å². The Hall–Kier alpha value is -2.33. The summed E-state index contributed by atoms with van der Waals surface area (Å²) in [4.78, 5) is 27.0. The van der Waals surface area contributed by atoms with Crippen LogP contribution in [0.5, 0.6) is 0 Å². The molecule has 0 aromatic heterocycles. The van der Waals surface area contributed by atoms with Crippen molar-refractivity contribution in [2.75, 3.05) is 0 Å². The number of rotatable bonds is 7. The Kier molecular flexibility index (Phi) is 7.22. The fourth-order valence-corrected chi connectivity index (χ4v) is 2.87. The van der Waals surface area contributed by atoms with Gasteiger partial charge in [-0.3, -0.25) is 9.59 Å². The van der Waals surface area contributed by atoms with Crippen LogP contribution in [0.2, 0.25) is 5.02 Å². The van der Waals surface area contributed by atoms with Crippen molar-refractivity contribution in [3.05, 3.63) is 70.7 Å². The third-order valence-electron chi connectivity index (χ3n) is 4.09. The largest absolute Gasteiger partial charge is 0.352 e. The molecule has 26 heavy (non-hydrogen) atoms. The van der Waals surface area contributed by atoms with Gasteiger partial charge in [0, 0.05) is 17.6 Å². The molecule has 0 aliphatic carbocycles. The summed E-state index contributed by atoms with van der Waals surface area (Å²) in [6, 6.07) is 16.3. The number of benzene rings is 2. The summed E-state index contributed by atoms with van der Waals surface area (Å²) in [6.45, 7) is 5.83. The van der Waals surface area contributed by atoms with Crippen LogP contribution in [0.4, 0.5) is 0 Å². The molecule has 2 amide bonds. The average Bonchev–Trinajstić information content (AvgIpc) is 2.60. The maximum Gasteiger partial charge on any atom is 0.242 e. The number of hydrogen-bond acceptors (Lipinski definition) is 2. The molecule has 0 unspecified atom stereocenters. The van der Waals surface area contributed by atoms with Crippen LogP contribution in [0, 0.1) is 0 Å². The van der Waals surface area contributed by atoms with E-state index in [1.165, 1.54) is 0 Å². The zero-order valence-corrected chi connectivity index (χ0v) is 16.2. The highest BCUT2D eigenvalue weighted by molar-refractivity contribution is 6.31. The summed E-state index contributed by atoms with van der Waals surface area (Å²) in [7, 11) is 0. The van der Waals surface area contributed by atoms with Gasteiger partial charge in [0.2, 0.25) is 11.8 Å². The first-order chi connectivity index (χ1) is 12.4. The Balaban J connectivity index is 2.23. The lowest BCUT2D eigenvalue weighted by Gasteiger charge is -2.29. The van der Waals surface area contributed by atoms with Gasteiger partial charge in [0.15, 0.2) is 0 Å². The fraction of sp³-hybridized carbons (Fsp3) is 0.333. The van der Waals surface area contributed by atoms with E-state index in [1.807, 2.05) is 62.4 Å². The molecule has 0 bridgehead atoms. The lowest BCUT2D eigenvalue weighted by atomic mass is 10.1. The van der Waals surface area contributed by atoms with E-state index < -0.39 is 6.04 Å². The van der Waals surface area contributed by atoms with Crippen molar-refractivity contribution in [3.8, 4) is 0 Å². The summed E-state index contributed by atoms with van der Waals surface area (Å²) in [6.07, 6.45) is 0.241. The summed E-state index contributed by atoms with van der Waals surface area (Å²) in [5.74, 6) is -0.281. The Morgan fingerprint density at radius 3 is 2.23 bits per heavy atom. The fourth-order valence-electron chi connectivity index (χ4n) is 2.67. The predicted molar refractivity (Wildman–Crippen MR) is 105 cm³/mol. The van der Waals surface area contributed by atoms with Crippen molar-refractivity contribution in [2.45, 2.75) is 45.8 Å². The monoisotopic (exact) mass is 372 g/mol. The molecule has 1 atom stereocenters. The summed E-state index contributed by atoms with van der Waals surface area (Å²) in [5.41, 5.74) is 1.73. The number of nitrogens with zero attached hydrogens (tertiary/aromatic N) is 1. The Morgan fingerprint density at radius 2 is 1.62 bits per heavy atom. The second-order valence-corrected chi connectivity index (χ2v) is 7.02. The SMILES string of the molecule is CC(C)NC(=O)[C@@H](C)N(Cc1ccccc1Cl)C(=O)Cc1ccccc1. The number of carbonyl (C=O) groups is 2. The highest BCUT2D eigenvalue weighted by Gasteiger charge is 2.27. The first-order valence-corrected chi connectivity index (χ1v) is 9.13. The molecule has 0 aliphatic heterocycles. The minimum atomic E-state index is -0.593. The molecule has 0 fully saturated rings. The normalized spacial score (nSPS) is 11.9. The molecule has 1 N–H and O–H groups in total. The van der Waals surface area contributed by atoms with Gasteiger partial charge in [0.25, 0.3) is 0 Å². The molecule has 2 aromatic carbocycles. The molecule has 0 saturated heterocycles. The number of carbonyl (C=O) groups excluding carboxylic acids is 2. The van der Waals surface area contributed by atoms with E-state index in [1.54, 1.807) is 17.9 Å². The van der Waals surface area contributed by atoms with Crippen LogP contribution in [-0.4, -0.2) is 28.8 Å². The smallest absolute Gasteiger partial charge is 0.242 e. The molecule has 0 heterocycles. The third kappa shape index (κ3) is 5.60. The van der Waals surface area contributed by atoms with Crippen LogP contribution in [0.1, 0.15) is 31.9 Å². The van der Waals surface area contributed by atoms with Crippen LogP contribution in [0.15, 0.2) is 54.6 Å². The Labute approximate surface area is 160 Å². The van der Waals surface area contributed by atoms with E-state index in [9.17, 15) is 9.59 Å².